The van der Waals surface area contributed by atoms with Crippen LogP contribution in [0.4, 0.5) is 0 Å². The largest absolute Gasteiger partial charge is 0.395 e. The van der Waals surface area contributed by atoms with Gasteiger partial charge in [0.25, 0.3) is 0 Å². The maximum absolute atomic E-state index is 8.94. The van der Waals surface area contributed by atoms with E-state index in [1.54, 1.807) is 0 Å². The van der Waals surface area contributed by atoms with E-state index in [2.05, 4.69) is 16.9 Å². The van der Waals surface area contributed by atoms with Crippen LogP contribution in [0.25, 0.3) is 0 Å². The van der Waals surface area contributed by atoms with E-state index < -0.39 is 0 Å². The number of likely N-dealkylation sites (N-methyl/N-ethyl adjacent to an activating group) is 1. The third-order valence-electron chi connectivity index (χ3n) is 2.74. The lowest BCUT2D eigenvalue weighted by molar-refractivity contribution is 0.194. The van der Waals surface area contributed by atoms with E-state index in [1.165, 1.54) is 0 Å². The maximum Gasteiger partial charge on any atom is 0.0863 e. The molecule has 1 aromatic heterocycles. The molecule has 92 valence electrons. The van der Waals surface area contributed by atoms with Crippen LogP contribution in [0.15, 0.2) is 0 Å². The van der Waals surface area contributed by atoms with Gasteiger partial charge in [-0.2, -0.15) is 5.10 Å². The average molecular weight is 246 g/mol. The summed E-state index contributed by atoms with van der Waals surface area (Å²) >= 11 is 6.26. The van der Waals surface area contributed by atoms with Crippen LogP contribution < -0.4 is 0 Å². The van der Waals surface area contributed by atoms with Gasteiger partial charge in [-0.15, -0.1) is 0 Å². The number of hydrogen-bond donors (Lipinski definition) is 1. The molecule has 0 amide bonds. The third kappa shape index (κ3) is 2.97. The Labute approximate surface area is 102 Å². The van der Waals surface area contributed by atoms with E-state index >= 15 is 0 Å². The van der Waals surface area contributed by atoms with Crippen LogP contribution in [0.3, 0.4) is 0 Å². The molecule has 0 aliphatic carbocycles. The molecule has 0 saturated heterocycles. The minimum absolute atomic E-state index is 0.171. The molecule has 0 fully saturated rings. The van der Waals surface area contributed by atoms with Gasteiger partial charge in [-0.3, -0.25) is 9.58 Å². The summed E-state index contributed by atoms with van der Waals surface area (Å²) in [6.45, 7) is 6.58. The fraction of sp³-hybridized carbons (Fsp3) is 0.727. The second kappa shape index (κ2) is 6.23. The van der Waals surface area contributed by atoms with Gasteiger partial charge in [0.1, 0.15) is 0 Å². The Morgan fingerprint density at radius 1 is 1.44 bits per heavy atom. The topological polar surface area (TPSA) is 41.3 Å². The molecule has 0 saturated carbocycles. The predicted molar refractivity (Wildman–Crippen MR) is 65.6 cm³/mol. The van der Waals surface area contributed by atoms with Gasteiger partial charge in [0.2, 0.25) is 0 Å². The molecule has 0 spiro atoms. The quantitative estimate of drug-likeness (QED) is 0.825. The molecule has 0 unspecified atom stereocenters. The molecule has 0 aliphatic rings. The van der Waals surface area contributed by atoms with Crippen LogP contribution in [-0.2, 0) is 20.0 Å². The Kier molecular flexibility index (Phi) is 5.25. The fourth-order valence-electron chi connectivity index (χ4n) is 1.69. The van der Waals surface area contributed by atoms with Crippen molar-refractivity contribution in [2.45, 2.75) is 26.8 Å². The lowest BCUT2D eigenvalue weighted by atomic mass is 10.3. The van der Waals surface area contributed by atoms with Crippen LogP contribution in [0.5, 0.6) is 0 Å². The molecule has 0 radical (unpaired) electrons. The molecular weight excluding hydrogens is 226 g/mol. The number of rotatable bonds is 6. The average Bonchev–Trinajstić information content (AvgIpc) is 2.55. The zero-order chi connectivity index (χ0) is 12.1. The lowest BCUT2D eigenvalue weighted by Gasteiger charge is -2.19. The summed E-state index contributed by atoms with van der Waals surface area (Å²) < 4.78 is 1.83. The number of nitrogens with zero attached hydrogens (tertiary/aromatic N) is 3. The number of aliphatic hydroxyl groups excluding tert-OH is 1. The monoisotopic (exact) mass is 245 g/mol. The van der Waals surface area contributed by atoms with E-state index in [1.807, 2.05) is 18.7 Å². The summed E-state index contributed by atoms with van der Waals surface area (Å²) in [6, 6.07) is 0. The molecule has 1 N–H and O–H groups in total. The standard InChI is InChI=1S/C11H20ClN3O/c1-4-9-11(12)10(14(3)13-9)8-15(5-2)6-7-16/h16H,4-8H2,1-3H3. The van der Waals surface area contributed by atoms with Crippen LogP contribution in [0.1, 0.15) is 25.2 Å². The molecule has 1 rings (SSSR count). The molecule has 1 heterocycles. The van der Waals surface area contributed by atoms with Crippen LogP contribution in [-0.4, -0.2) is 39.5 Å². The number of halogens is 1. The molecule has 1 aromatic rings. The van der Waals surface area contributed by atoms with Crippen molar-refractivity contribution in [3.05, 3.63) is 16.4 Å². The molecule has 0 bridgehead atoms. The first-order valence-corrected chi connectivity index (χ1v) is 6.05. The lowest BCUT2D eigenvalue weighted by Crippen LogP contribution is -2.27. The fourth-order valence-corrected chi connectivity index (χ4v) is 2.05. The van der Waals surface area contributed by atoms with Crippen LogP contribution >= 0.6 is 11.6 Å². The highest BCUT2D eigenvalue weighted by atomic mass is 35.5. The normalized spacial score (nSPS) is 11.4. The minimum Gasteiger partial charge on any atom is -0.395 e. The molecule has 0 aliphatic heterocycles. The summed E-state index contributed by atoms with van der Waals surface area (Å²) in [7, 11) is 1.91. The number of aromatic nitrogens is 2. The Hall–Kier alpha value is -0.580. The van der Waals surface area contributed by atoms with Crippen molar-refractivity contribution < 1.29 is 5.11 Å². The van der Waals surface area contributed by atoms with Crippen molar-refractivity contribution in [2.24, 2.45) is 7.05 Å². The molecule has 0 atom stereocenters. The van der Waals surface area contributed by atoms with Gasteiger partial charge in [-0.05, 0) is 13.0 Å². The first-order valence-electron chi connectivity index (χ1n) is 5.67. The summed E-state index contributed by atoms with van der Waals surface area (Å²) in [5.41, 5.74) is 1.97. The van der Waals surface area contributed by atoms with Gasteiger partial charge in [-0.25, -0.2) is 0 Å². The highest BCUT2D eigenvalue weighted by Crippen LogP contribution is 2.21. The minimum atomic E-state index is 0.171. The molecule has 4 nitrogen and oxygen atoms in total. The highest BCUT2D eigenvalue weighted by molar-refractivity contribution is 6.31. The Bertz CT molecular complexity index is 338. The smallest absolute Gasteiger partial charge is 0.0863 e. The predicted octanol–water partition coefficient (Wildman–Crippen LogP) is 1.45. The first kappa shape index (κ1) is 13.5. The van der Waals surface area contributed by atoms with E-state index in [-0.39, 0.29) is 6.61 Å². The van der Waals surface area contributed by atoms with Crippen molar-refractivity contribution >= 4 is 11.6 Å². The Morgan fingerprint density at radius 2 is 2.12 bits per heavy atom. The van der Waals surface area contributed by atoms with Crippen molar-refractivity contribution in [1.29, 1.82) is 0 Å². The summed E-state index contributed by atoms with van der Waals surface area (Å²) in [5, 5.41) is 14.1. The first-order chi connectivity index (χ1) is 7.63. The second-order valence-electron chi connectivity index (χ2n) is 3.78. The van der Waals surface area contributed by atoms with Gasteiger partial charge >= 0.3 is 0 Å². The Balaban J connectivity index is 2.82. The molecular formula is C11H20ClN3O. The molecule has 16 heavy (non-hydrogen) atoms. The number of aliphatic hydroxyl groups is 1. The van der Waals surface area contributed by atoms with E-state index in [9.17, 15) is 0 Å². The second-order valence-corrected chi connectivity index (χ2v) is 4.15. The van der Waals surface area contributed by atoms with Gasteiger partial charge in [0, 0.05) is 20.1 Å². The van der Waals surface area contributed by atoms with Gasteiger partial charge in [0.15, 0.2) is 0 Å². The summed E-state index contributed by atoms with van der Waals surface area (Å²) in [5.74, 6) is 0. The van der Waals surface area contributed by atoms with Gasteiger partial charge in [0.05, 0.1) is 23.0 Å². The summed E-state index contributed by atoms with van der Waals surface area (Å²) in [4.78, 5) is 2.14. The number of aryl methyl sites for hydroxylation is 2. The summed E-state index contributed by atoms with van der Waals surface area (Å²) in [6.07, 6.45) is 0.846. The Morgan fingerprint density at radius 3 is 2.56 bits per heavy atom. The molecule has 5 heteroatoms. The van der Waals surface area contributed by atoms with Crippen molar-refractivity contribution in [3.63, 3.8) is 0 Å². The number of hydrogen-bond acceptors (Lipinski definition) is 3. The zero-order valence-electron chi connectivity index (χ0n) is 10.2. The van der Waals surface area contributed by atoms with E-state index in [4.69, 9.17) is 16.7 Å². The SMILES string of the molecule is CCc1nn(C)c(CN(CC)CCO)c1Cl. The van der Waals surface area contributed by atoms with E-state index in [0.29, 0.717) is 6.54 Å². The maximum atomic E-state index is 8.94. The van der Waals surface area contributed by atoms with Crippen molar-refractivity contribution in [1.82, 2.24) is 14.7 Å². The zero-order valence-corrected chi connectivity index (χ0v) is 11.0. The third-order valence-corrected chi connectivity index (χ3v) is 3.18. The molecule has 0 aromatic carbocycles. The highest BCUT2D eigenvalue weighted by Gasteiger charge is 2.15. The van der Waals surface area contributed by atoms with Crippen molar-refractivity contribution in [3.8, 4) is 0 Å². The van der Waals surface area contributed by atoms with Crippen LogP contribution in [0.2, 0.25) is 5.02 Å². The van der Waals surface area contributed by atoms with Crippen molar-refractivity contribution in [2.75, 3.05) is 19.7 Å². The van der Waals surface area contributed by atoms with Crippen LogP contribution in [0, 0.1) is 0 Å². The van der Waals surface area contributed by atoms with Gasteiger partial charge in [-0.1, -0.05) is 25.4 Å². The van der Waals surface area contributed by atoms with E-state index in [0.717, 1.165) is 35.9 Å². The van der Waals surface area contributed by atoms with Gasteiger partial charge < -0.3 is 5.11 Å².